The van der Waals surface area contributed by atoms with Gasteiger partial charge in [0.2, 0.25) is 0 Å². The van der Waals surface area contributed by atoms with Crippen molar-refractivity contribution in [1.82, 2.24) is 10.2 Å². The lowest BCUT2D eigenvalue weighted by atomic mass is 9.87. The molecule has 1 unspecified atom stereocenters. The molecule has 1 aliphatic rings. The summed E-state index contributed by atoms with van der Waals surface area (Å²) in [4.78, 5) is 24.3. The molecule has 0 bridgehead atoms. The fraction of sp³-hybridized carbons (Fsp3) is 0.400. The molecule has 1 atom stereocenters. The lowest BCUT2D eigenvalue weighted by Gasteiger charge is -2.41. The number of carboxylic acid groups (broad SMARTS) is 1. The Bertz CT molecular complexity index is 588. The van der Waals surface area contributed by atoms with Crippen LogP contribution in [0.25, 0.3) is 0 Å². The first-order chi connectivity index (χ1) is 10.0. The number of carboxylic acids is 1. The lowest BCUT2D eigenvalue weighted by molar-refractivity contribution is -0.144. The van der Waals surface area contributed by atoms with Gasteiger partial charge in [-0.3, -0.25) is 4.79 Å². The number of likely N-dealkylation sites (tertiary alicyclic amines) is 1. The van der Waals surface area contributed by atoms with Gasteiger partial charge in [-0.25, -0.2) is 4.79 Å². The van der Waals surface area contributed by atoms with Crippen LogP contribution < -0.4 is 5.32 Å². The molecule has 110 valence electrons. The molecule has 1 saturated heterocycles. The van der Waals surface area contributed by atoms with Gasteiger partial charge in [0.1, 0.15) is 0 Å². The summed E-state index contributed by atoms with van der Waals surface area (Å²) in [5.41, 5.74) is 1.42. The minimum absolute atomic E-state index is 0.0233. The third-order valence-corrected chi connectivity index (χ3v) is 3.79. The van der Waals surface area contributed by atoms with Crippen molar-refractivity contribution < 1.29 is 14.7 Å². The smallest absolute Gasteiger partial charge is 0.317 e. The molecular formula is C15H17N3O3. The van der Waals surface area contributed by atoms with Crippen molar-refractivity contribution in [1.29, 1.82) is 5.26 Å². The van der Waals surface area contributed by atoms with Crippen LogP contribution in [-0.2, 0) is 11.3 Å². The molecule has 2 N–H and O–H groups in total. The molecule has 0 spiro atoms. The quantitative estimate of drug-likeness (QED) is 0.875. The van der Waals surface area contributed by atoms with E-state index in [1.54, 1.807) is 30.0 Å². The van der Waals surface area contributed by atoms with Crippen LogP contribution in [0.5, 0.6) is 0 Å². The van der Waals surface area contributed by atoms with Gasteiger partial charge in [0, 0.05) is 25.6 Å². The van der Waals surface area contributed by atoms with Crippen molar-refractivity contribution in [3.63, 3.8) is 0 Å². The first-order valence-electron chi connectivity index (χ1n) is 6.76. The third-order valence-electron chi connectivity index (χ3n) is 3.79. The van der Waals surface area contributed by atoms with E-state index in [1.807, 2.05) is 6.07 Å². The summed E-state index contributed by atoms with van der Waals surface area (Å²) in [5.74, 6) is -1.23. The molecule has 0 aliphatic carbocycles. The summed E-state index contributed by atoms with van der Waals surface area (Å²) in [5, 5.41) is 20.5. The average Bonchev–Trinajstić information content (AvgIpc) is 2.43. The van der Waals surface area contributed by atoms with E-state index < -0.39 is 11.9 Å². The van der Waals surface area contributed by atoms with Gasteiger partial charge in [-0.2, -0.15) is 5.26 Å². The second-order valence-electron chi connectivity index (χ2n) is 5.26. The highest BCUT2D eigenvalue weighted by atomic mass is 16.4. The standard InChI is InChI=1S/C15H17N3O3/c1-10(14(19)20)13-8-18(9-13)15(21)17-7-12-4-2-3-11(5-12)6-16/h2-5,10,13H,7-9H2,1H3,(H,17,21)(H,19,20). The van der Waals surface area contributed by atoms with E-state index in [9.17, 15) is 9.59 Å². The van der Waals surface area contributed by atoms with Crippen LogP contribution in [0, 0.1) is 23.2 Å². The highest BCUT2D eigenvalue weighted by Crippen LogP contribution is 2.23. The van der Waals surface area contributed by atoms with Gasteiger partial charge in [-0.05, 0) is 17.7 Å². The van der Waals surface area contributed by atoms with E-state index in [1.165, 1.54) is 0 Å². The number of nitrogens with zero attached hydrogens (tertiary/aromatic N) is 2. The summed E-state index contributed by atoms with van der Waals surface area (Å²) in [6.07, 6.45) is 0. The predicted octanol–water partition coefficient (Wildman–Crippen LogP) is 1.42. The van der Waals surface area contributed by atoms with Gasteiger partial charge in [-0.1, -0.05) is 19.1 Å². The molecule has 0 radical (unpaired) electrons. The number of nitriles is 1. The zero-order chi connectivity index (χ0) is 15.4. The van der Waals surface area contributed by atoms with Gasteiger partial charge < -0.3 is 15.3 Å². The summed E-state index contributed by atoms with van der Waals surface area (Å²) in [6, 6.07) is 8.89. The maximum absolute atomic E-state index is 11.9. The molecule has 6 nitrogen and oxygen atoms in total. The Labute approximate surface area is 123 Å². The lowest BCUT2D eigenvalue weighted by Crippen LogP contribution is -2.56. The van der Waals surface area contributed by atoms with E-state index in [0.717, 1.165) is 5.56 Å². The number of rotatable bonds is 4. The van der Waals surface area contributed by atoms with Crippen LogP contribution in [0.15, 0.2) is 24.3 Å². The number of hydrogen-bond acceptors (Lipinski definition) is 3. The number of nitrogens with one attached hydrogen (secondary N) is 1. The Balaban J connectivity index is 1.79. The summed E-state index contributed by atoms with van der Waals surface area (Å²) >= 11 is 0. The molecule has 0 saturated carbocycles. The summed E-state index contributed by atoms with van der Waals surface area (Å²) in [7, 11) is 0. The van der Waals surface area contributed by atoms with Crippen molar-refractivity contribution in [3.8, 4) is 6.07 Å². The van der Waals surface area contributed by atoms with Crippen LogP contribution >= 0.6 is 0 Å². The molecule has 2 rings (SSSR count). The Kier molecular flexibility index (Phi) is 4.43. The van der Waals surface area contributed by atoms with Crippen molar-refractivity contribution in [2.24, 2.45) is 11.8 Å². The summed E-state index contributed by atoms with van der Waals surface area (Å²) in [6.45, 7) is 2.95. The molecule has 1 aliphatic heterocycles. The second-order valence-corrected chi connectivity index (χ2v) is 5.26. The topological polar surface area (TPSA) is 93.4 Å². The Hall–Kier alpha value is -2.55. The Morgan fingerprint density at radius 2 is 2.24 bits per heavy atom. The van der Waals surface area contributed by atoms with Crippen molar-refractivity contribution in [2.45, 2.75) is 13.5 Å². The minimum atomic E-state index is -0.826. The van der Waals surface area contributed by atoms with Crippen molar-refractivity contribution in [2.75, 3.05) is 13.1 Å². The van der Waals surface area contributed by atoms with Gasteiger partial charge in [0.15, 0.2) is 0 Å². The van der Waals surface area contributed by atoms with E-state index in [0.29, 0.717) is 25.2 Å². The average molecular weight is 287 g/mol. The third kappa shape index (κ3) is 3.51. The number of hydrogen-bond donors (Lipinski definition) is 2. The van der Waals surface area contributed by atoms with E-state index >= 15 is 0 Å². The highest BCUT2D eigenvalue weighted by molar-refractivity contribution is 5.76. The SMILES string of the molecule is CC(C(=O)O)C1CN(C(=O)NCc2cccc(C#N)c2)C1. The van der Waals surface area contributed by atoms with Crippen LogP contribution in [0.1, 0.15) is 18.1 Å². The maximum Gasteiger partial charge on any atom is 0.317 e. The number of carbonyl (C=O) groups excluding carboxylic acids is 1. The van der Waals surface area contributed by atoms with Crippen molar-refractivity contribution in [3.05, 3.63) is 35.4 Å². The predicted molar refractivity (Wildman–Crippen MR) is 75.3 cm³/mol. The molecule has 2 amide bonds. The molecule has 1 aromatic carbocycles. The van der Waals surface area contributed by atoms with Gasteiger partial charge in [-0.15, -0.1) is 0 Å². The molecule has 21 heavy (non-hydrogen) atoms. The van der Waals surface area contributed by atoms with Crippen molar-refractivity contribution >= 4 is 12.0 Å². The number of benzene rings is 1. The van der Waals surface area contributed by atoms with Gasteiger partial charge in [0.05, 0.1) is 17.6 Å². The number of urea groups is 1. The largest absolute Gasteiger partial charge is 0.481 e. The Morgan fingerprint density at radius 3 is 2.86 bits per heavy atom. The van der Waals surface area contributed by atoms with Crippen LogP contribution in [0.4, 0.5) is 4.79 Å². The molecule has 1 aromatic rings. The fourth-order valence-electron chi connectivity index (χ4n) is 2.24. The maximum atomic E-state index is 11.9. The zero-order valence-corrected chi connectivity index (χ0v) is 11.7. The van der Waals surface area contributed by atoms with Crippen LogP contribution in [0.2, 0.25) is 0 Å². The van der Waals surface area contributed by atoms with Gasteiger partial charge in [0.25, 0.3) is 0 Å². The van der Waals surface area contributed by atoms with Gasteiger partial charge >= 0.3 is 12.0 Å². The number of aliphatic carboxylic acids is 1. The molecule has 0 aromatic heterocycles. The fourth-order valence-corrected chi connectivity index (χ4v) is 2.24. The minimum Gasteiger partial charge on any atom is -0.481 e. The molecular weight excluding hydrogens is 270 g/mol. The van der Waals surface area contributed by atoms with Crippen LogP contribution in [0.3, 0.4) is 0 Å². The van der Waals surface area contributed by atoms with Crippen LogP contribution in [-0.4, -0.2) is 35.1 Å². The zero-order valence-electron chi connectivity index (χ0n) is 11.7. The first kappa shape index (κ1) is 14.9. The number of amides is 2. The second kappa shape index (κ2) is 6.27. The van der Waals surface area contributed by atoms with E-state index in [4.69, 9.17) is 10.4 Å². The molecule has 1 heterocycles. The number of carbonyl (C=O) groups is 2. The highest BCUT2D eigenvalue weighted by Gasteiger charge is 2.36. The molecule has 6 heteroatoms. The summed E-state index contributed by atoms with van der Waals surface area (Å²) < 4.78 is 0. The molecule has 1 fully saturated rings. The normalized spacial score (nSPS) is 15.7. The monoisotopic (exact) mass is 287 g/mol. The van der Waals surface area contributed by atoms with E-state index in [2.05, 4.69) is 11.4 Å². The first-order valence-corrected chi connectivity index (χ1v) is 6.76. The van der Waals surface area contributed by atoms with E-state index in [-0.39, 0.29) is 11.9 Å². The Morgan fingerprint density at radius 1 is 1.52 bits per heavy atom.